The summed E-state index contributed by atoms with van der Waals surface area (Å²) in [6, 6.07) is -12.2. The first kappa shape index (κ1) is 107. The number of nitrogens with two attached hydrogens (primary N) is 16. The number of aliphatic hydroxyl groups is 1. The predicted octanol–water partition coefficient (Wildman–Crippen LogP) is -5.27. The standard InChI is InChI=1S/C83H149N35O13/c1-45-26-31-83(33-32-81(6)48(61(83)46(45)2)24-25-58-80(5)29-28-59(119)79(3,4)57(80)27-30-82(58,81)7)70(130)131-44-47-42-118(117-116-47)43-60(120)108-49(16-8-34-100-71(84)85)62(121)109-50(17-9-35-101-72(86)87)63(122)110-51(18-10-36-102-73(88)89)64(123)111-52(19-11-37-103-74(90)91)65(124)112-53(20-12-38-104-75(92)93)66(125)113-54(21-13-39-105-76(94)95)67(126)114-55(22-14-40-106-77(96)97)68(127)115-56(69(128)129)23-15-41-107-78(98)99/h24,42,45-46,49-59,61,119H,8-23,25-41,43-44H2,1-7H3,(H,108,120)(H,109,121)(H,110,122)(H,111,123)(H,112,124)(H,113,125)(H,114,126)(H,115,127)(H,128,129)(H4,84,85,100)(H4,86,87,101)(H4,88,89,102)(H4,90,91,103)(H4,92,93,104)(H4,94,95,105)(H4,96,97,106)(H4,98,99,107)/t45-,46+,49+,50+,51+,52+,53+,54+,55+,56+,57+,58-,59+,61+,80+,81-,82-,83+/m1/s1. The lowest BCUT2D eigenvalue weighted by molar-refractivity contribution is -0.207. The molecule has 8 amide bonds. The van der Waals surface area contributed by atoms with E-state index in [-0.39, 0.29) is 261 Å². The molecule has 1 aromatic heterocycles. The third kappa shape index (κ3) is 31.2. The molecule has 6 rings (SSSR count). The summed E-state index contributed by atoms with van der Waals surface area (Å²) in [4.78, 5) is 177. The van der Waals surface area contributed by atoms with Gasteiger partial charge in [-0.1, -0.05) is 65.3 Å². The van der Waals surface area contributed by atoms with Gasteiger partial charge >= 0.3 is 11.9 Å². The van der Waals surface area contributed by atoms with Crippen molar-refractivity contribution in [1.29, 1.82) is 0 Å². The van der Waals surface area contributed by atoms with Crippen LogP contribution in [-0.2, 0) is 65.8 Å². The maximum absolute atomic E-state index is 15.1. The summed E-state index contributed by atoms with van der Waals surface area (Å²) in [5.41, 5.74) is 90.5. The zero-order valence-electron chi connectivity index (χ0n) is 77.0. The Kier molecular flexibility index (Phi) is 41.2. The summed E-state index contributed by atoms with van der Waals surface area (Å²) in [5, 5.41) is 51.2. The van der Waals surface area contributed by atoms with E-state index in [1.807, 2.05) is 0 Å². The Morgan fingerprint density at radius 3 is 1.10 bits per heavy atom. The van der Waals surface area contributed by atoms with Crippen LogP contribution >= 0.6 is 0 Å². The van der Waals surface area contributed by atoms with Gasteiger partial charge in [0, 0.05) is 52.4 Å². The monoisotopic (exact) mass is 1840 g/mol. The first-order valence-electron chi connectivity index (χ1n) is 45.2. The lowest BCUT2D eigenvalue weighted by Gasteiger charge is -2.71. The highest BCUT2D eigenvalue weighted by Gasteiger charge is 2.70. The molecule has 4 saturated carbocycles. The first-order valence-corrected chi connectivity index (χ1v) is 45.2. The van der Waals surface area contributed by atoms with Gasteiger partial charge in [0.05, 0.1) is 17.7 Å². The third-order valence-electron chi connectivity index (χ3n) is 27.2. The summed E-state index contributed by atoms with van der Waals surface area (Å²) < 4.78 is 7.56. The zero-order chi connectivity index (χ0) is 97.3. The minimum atomic E-state index is -1.59. The average molecular weight is 1850 g/mol. The Hall–Kier alpha value is -12.3. The third-order valence-corrected chi connectivity index (χ3v) is 27.2. The summed E-state index contributed by atoms with van der Waals surface area (Å²) in [7, 11) is 0. The topological polar surface area (TPSA) is 863 Å². The largest absolute Gasteiger partial charge is 0.480 e. The van der Waals surface area contributed by atoms with Crippen LogP contribution in [0.4, 0.5) is 0 Å². The minimum Gasteiger partial charge on any atom is -0.480 e. The second-order valence-electron chi connectivity index (χ2n) is 36.6. The molecule has 1 aromatic rings. The Balaban J connectivity index is 1.25. The Labute approximate surface area is 764 Å². The summed E-state index contributed by atoms with van der Waals surface area (Å²) >= 11 is 0. The van der Waals surface area contributed by atoms with Crippen LogP contribution in [0.1, 0.15) is 215 Å². The molecule has 734 valence electrons. The molecule has 4 fully saturated rings. The molecule has 0 bridgehead atoms. The first-order chi connectivity index (χ1) is 61.7. The highest BCUT2D eigenvalue weighted by Crippen LogP contribution is 2.76. The van der Waals surface area contributed by atoms with E-state index in [1.54, 1.807) is 0 Å². The summed E-state index contributed by atoms with van der Waals surface area (Å²) in [6.45, 7) is 15.5. The van der Waals surface area contributed by atoms with E-state index >= 15 is 19.2 Å². The normalized spacial score (nSPS) is 23.8. The molecule has 42 N–H and O–H groups in total. The van der Waals surface area contributed by atoms with E-state index in [4.69, 9.17) is 96.5 Å². The van der Waals surface area contributed by atoms with Crippen molar-refractivity contribution in [2.24, 2.45) is 188 Å². The molecule has 5 aliphatic carbocycles. The summed E-state index contributed by atoms with van der Waals surface area (Å²) in [6.07, 6.45) is 10.3. The molecule has 5 aliphatic rings. The number of hydrogen-bond acceptors (Lipinski definition) is 22. The Bertz CT molecular complexity index is 4330. The molecule has 0 saturated heterocycles. The number of nitrogens with one attached hydrogen (secondary N) is 8. The maximum atomic E-state index is 15.1. The molecule has 48 heteroatoms. The van der Waals surface area contributed by atoms with Crippen LogP contribution in [-0.4, -0.2) is 239 Å². The number of nitrogens with zero attached hydrogens (tertiary/aromatic N) is 11. The molecule has 0 spiro atoms. The molecule has 0 radical (unpaired) electrons. The number of allylic oxidation sites excluding steroid dienone is 2. The zero-order valence-corrected chi connectivity index (χ0v) is 77.0. The van der Waals surface area contributed by atoms with Gasteiger partial charge in [0.1, 0.15) is 67.2 Å². The molecular weight excluding hydrogens is 1700 g/mol. The van der Waals surface area contributed by atoms with Crippen molar-refractivity contribution in [3.8, 4) is 0 Å². The molecule has 0 unspecified atom stereocenters. The van der Waals surface area contributed by atoms with Gasteiger partial charge < -0.3 is 149 Å². The second-order valence-corrected chi connectivity index (χ2v) is 36.6. The van der Waals surface area contributed by atoms with E-state index in [0.717, 1.165) is 44.9 Å². The van der Waals surface area contributed by atoms with Crippen molar-refractivity contribution in [3.05, 3.63) is 23.5 Å². The van der Waals surface area contributed by atoms with Crippen LogP contribution in [0.2, 0.25) is 0 Å². The fourth-order valence-electron chi connectivity index (χ4n) is 20.1. The fourth-order valence-corrected chi connectivity index (χ4v) is 20.1. The van der Waals surface area contributed by atoms with E-state index in [0.29, 0.717) is 30.6 Å². The minimum absolute atomic E-state index is 0.000824. The number of aliphatic carboxylic acids is 1. The van der Waals surface area contributed by atoms with Gasteiger partial charge in [-0.2, -0.15) is 0 Å². The van der Waals surface area contributed by atoms with E-state index in [9.17, 15) is 39.0 Å². The van der Waals surface area contributed by atoms with E-state index in [1.165, 1.54) is 16.5 Å². The van der Waals surface area contributed by atoms with Crippen molar-refractivity contribution in [2.75, 3.05) is 52.4 Å². The fraction of sp³-hybridized carbons (Fsp3) is 0.735. The number of aliphatic imine (C=N–C) groups is 8. The Morgan fingerprint density at radius 2 is 0.763 bits per heavy atom. The van der Waals surface area contributed by atoms with Crippen LogP contribution in [0.15, 0.2) is 57.8 Å². The highest BCUT2D eigenvalue weighted by molar-refractivity contribution is 5.98. The number of carboxylic acids is 1. The lowest BCUT2D eigenvalue weighted by Crippen LogP contribution is -2.65. The number of amides is 8. The smallest absolute Gasteiger partial charge is 0.326 e. The van der Waals surface area contributed by atoms with Gasteiger partial charge in [0.15, 0.2) is 47.7 Å². The van der Waals surface area contributed by atoms with Gasteiger partial charge in [-0.05, 0) is 212 Å². The van der Waals surface area contributed by atoms with Crippen molar-refractivity contribution in [2.45, 2.75) is 277 Å². The van der Waals surface area contributed by atoms with Crippen molar-refractivity contribution < 1.29 is 62.9 Å². The number of aliphatic hydroxyl groups excluding tert-OH is 1. The van der Waals surface area contributed by atoms with Gasteiger partial charge in [0.25, 0.3) is 0 Å². The van der Waals surface area contributed by atoms with Gasteiger partial charge in [-0.25, -0.2) is 9.48 Å². The molecule has 18 atom stereocenters. The molecule has 0 aliphatic heterocycles. The molecular formula is C83H149N35O13. The highest BCUT2D eigenvalue weighted by atomic mass is 16.5. The molecule has 0 aromatic carbocycles. The number of esters is 1. The number of fused-ring (bicyclic) bond motifs is 7. The van der Waals surface area contributed by atoms with E-state index in [2.05, 4.69) is 147 Å². The number of rotatable bonds is 53. The van der Waals surface area contributed by atoms with Crippen LogP contribution in [0.25, 0.3) is 0 Å². The van der Waals surface area contributed by atoms with Gasteiger partial charge in [-0.3, -0.25) is 83.1 Å². The van der Waals surface area contributed by atoms with Crippen molar-refractivity contribution >= 4 is 107 Å². The number of hydrogen-bond donors (Lipinski definition) is 26. The number of ether oxygens (including phenoxy) is 1. The number of carbonyl (C=O) groups is 10. The maximum Gasteiger partial charge on any atom is 0.326 e. The predicted molar refractivity (Wildman–Crippen MR) is 497 cm³/mol. The van der Waals surface area contributed by atoms with E-state index < -0.39 is 114 Å². The molecule has 48 nitrogen and oxygen atoms in total. The number of guanidine groups is 8. The second kappa shape index (κ2) is 50.2. The number of aromatic nitrogens is 3. The van der Waals surface area contributed by atoms with Crippen LogP contribution < -0.4 is 134 Å². The molecule has 131 heavy (non-hydrogen) atoms. The van der Waals surface area contributed by atoms with Crippen LogP contribution in [0.5, 0.6) is 0 Å². The summed E-state index contributed by atoms with van der Waals surface area (Å²) in [5.74, 6) is -10.1. The number of carbonyl (C=O) groups excluding carboxylic acids is 9. The Morgan fingerprint density at radius 1 is 0.435 bits per heavy atom. The average Bonchev–Trinajstić information content (AvgIpc) is 0.720. The van der Waals surface area contributed by atoms with Gasteiger partial charge in [0.2, 0.25) is 47.3 Å². The lowest BCUT2D eigenvalue weighted by atomic mass is 9.33. The van der Waals surface area contributed by atoms with Crippen molar-refractivity contribution in [1.82, 2.24) is 57.5 Å². The quantitative estimate of drug-likeness (QED) is 0.00952. The SMILES string of the molecule is C[C@H]1[C@H](C)CC[C@]2(C(=O)OCc3cn(CC(=O)N[C@@H](CCCN=C(N)N)C(=O)N[C@@H](CCCN=C(N)N)C(=O)N[C@@H](CCCN=C(N)N)C(=O)N[C@@H](CCCN=C(N)N)C(=O)N[C@@H](CCCN=C(N)N)C(=O)N[C@@H](CCCN=C(N)N)C(=O)N[C@@H](CCCN=C(N)N)C(=O)N[C@@H](CCCN=C(N)N)C(=O)O)nn3)CC[C@]3(C)C(=CC[C@@H]4[C@@]5(C)CC[C@H](O)C(C)(C)[C@@H]5CC[C@]43C)[C@H]12. The van der Waals surface area contributed by atoms with Gasteiger partial charge in [-0.15, -0.1) is 5.10 Å². The van der Waals surface area contributed by atoms with Crippen LogP contribution in [0, 0.1) is 56.7 Å². The van der Waals surface area contributed by atoms with Crippen molar-refractivity contribution in [3.63, 3.8) is 0 Å². The number of carboxylic acid groups (broad SMARTS) is 1. The van der Waals surface area contributed by atoms with Crippen LogP contribution in [0.3, 0.4) is 0 Å². The molecule has 1 heterocycles.